The number of benzene rings is 2. The van der Waals surface area contributed by atoms with Crippen molar-refractivity contribution in [2.24, 2.45) is 0 Å². The minimum absolute atomic E-state index is 0.0117. The maximum absolute atomic E-state index is 14.4. The normalized spacial score (nSPS) is 13.2. The maximum atomic E-state index is 14.4. The zero-order valence-corrected chi connectivity index (χ0v) is 19.6. The predicted molar refractivity (Wildman–Crippen MR) is 118 cm³/mol. The van der Waals surface area contributed by atoms with Gasteiger partial charge in [-0.05, 0) is 35.4 Å². The van der Waals surface area contributed by atoms with Gasteiger partial charge in [0.2, 0.25) is 5.91 Å². The van der Waals surface area contributed by atoms with Crippen LogP contribution >= 0.6 is 34.8 Å². The molecule has 0 bridgehead atoms. The molecular formula is C22H15Cl3F7NO2. The number of allylic oxidation sites excluding steroid dienone is 1. The average Bonchev–Trinajstić information content (AvgIpc) is 2.73. The summed E-state index contributed by atoms with van der Waals surface area (Å²) < 4.78 is 91.4. The monoisotopic (exact) mass is 563 g/mol. The largest absolute Gasteiger partial charge is 0.405 e. The number of halogens is 10. The van der Waals surface area contributed by atoms with Gasteiger partial charge in [0, 0.05) is 12.8 Å². The van der Waals surface area contributed by atoms with Crippen molar-refractivity contribution in [3.05, 3.63) is 74.0 Å². The SMILES string of the molecule is O=C(CCC(=O)c1ccc(/C=C/C(c2cc(Cl)c(Cl)c(Cl)c2)C(F)(F)F)cc1F)NCC(F)(F)F. The molecule has 0 aliphatic rings. The molecule has 0 fully saturated rings. The first kappa shape index (κ1) is 28.9. The van der Waals surface area contributed by atoms with Gasteiger partial charge in [0.15, 0.2) is 5.78 Å². The zero-order chi connectivity index (χ0) is 26.6. The van der Waals surface area contributed by atoms with E-state index >= 15 is 0 Å². The Hall–Kier alpha value is -2.30. The van der Waals surface area contributed by atoms with E-state index in [1.165, 1.54) is 6.07 Å². The topological polar surface area (TPSA) is 46.2 Å². The molecule has 0 aliphatic carbocycles. The van der Waals surface area contributed by atoms with Gasteiger partial charge in [-0.2, -0.15) is 26.3 Å². The van der Waals surface area contributed by atoms with Gasteiger partial charge in [-0.25, -0.2) is 4.39 Å². The van der Waals surface area contributed by atoms with Crippen LogP contribution in [0.3, 0.4) is 0 Å². The fourth-order valence-electron chi connectivity index (χ4n) is 2.88. The molecule has 0 heterocycles. The Morgan fingerprint density at radius 3 is 2.06 bits per heavy atom. The number of Topliss-reactive ketones (excluding diaryl/α,β-unsaturated/α-hetero) is 1. The van der Waals surface area contributed by atoms with Crippen molar-refractivity contribution in [1.29, 1.82) is 0 Å². The minimum Gasteiger partial charge on any atom is -0.347 e. The Balaban J connectivity index is 2.15. The second-order valence-electron chi connectivity index (χ2n) is 7.23. The van der Waals surface area contributed by atoms with E-state index in [4.69, 9.17) is 34.8 Å². The van der Waals surface area contributed by atoms with E-state index in [1.807, 2.05) is 0 Å². The standard InChI is InChI=1S/C22H15Cl3F7NO2/c23-15-8-12(9-16(24)20(15)25)14(22(30,31)32)4-2-11-1-3-13(17(26)7-11)18(34)5-6-19(35)33-10-21(27,28)29/h1-4,7-9,14H,5-6,10H2,(H,33,35)/b4-2+. The van der Waals surface area contributed by atoms with Crippen molar-refractivity contribution in [2.45, 2.75) is 31.1 Å². The van der Waals surface area contributed by atoms with Crippen LogP contribution < -0.4 is 5.32 Å². The van der Waals surface area contributed by atoms with E-state index in [1.54, 1.807) is 5.32 Å². The van der Waals surface area contributed by atoms with E-state index in [0.29, 0.717) is 0 Å². The third kappa shape index (κ3) is 8.70. The van der Waals surface area contributed by atoms with Crippen molar-refractivity contribution in [3.8, 4) is 0 Å². The molecule has 35 heavy (non-hydrogen) atoms. The smallest absolute Gasteiger partial charge is 0.347 e. The molecule has 1 amide bonds. The predicted octanol–water partition coefficient (Wildman–Crippen LogP) is 7.79. The van der Waals surface area contributed by atoms with E-state index < -0.39 is 60.7 Å². The molecule has 0 aliphatic heterocycles. The van der Waals surface area contributed by atoms with E-state index in [2.05, 4.69) is 0 Å². The fraction of sp³-hybridized carbons (Fsp3) is 0.273. The van der Waals surface area contributed by atoms with E-state index in [-0.39, 0.29) is 26.2 Å². The number of alkyl halides is 6. The summed E-state index contributed by atoms with van der Waals surface area (Å²) in [6.45, 7) is -1.57. The Morgan fingerprint density at radius 2 is 1.54 bits per heavy atom. The van der Waals surface area contributed by atoms with Crippen molar-refractivity contribution in [2.75, 3.05) is 6.54 Å². The molecule has 0 saturated carbocycles. The Labute approximate surface area is 209 Å². The van der Waals surface area contributed by atoms with Crippen LogP contribution in [-0.4, -0.2) is 30.6 Å². The molecule has 2 aromatic rings. The lowest BCUT2D eigenvalue weighted by atomic mass is 9.96. The fourth-order valence-corrected chi connectivity index (χ4v) is 3.49. The molecule has 2 rings (SSSR count). The molecule has 2 aromatic carbocycles. The van der Waals surface area contributed by atoms with Gasteiger partial charge in [-0.3, -0.25) is 9.59 Å². The molecule has 3 nitrogen and oxygen atoms in total. The molecule has 190 valence electrons. The molecule has 0 spiro atoms. The number of nitrogens with one attached hydrogen (secondary N) is 1. The third-order valence-electron chi connectivity index (χ3n) is 4.56. The molecular weight excluding hydrogens is 550 g/mol. The summed E-state index contributed by atoms with van der Waals surface area (Å²) in [5.74, 6) is -5.14. The first-order valence-electron chi connectivity index (χ1n) is 9.64. The van der Waals surface area contributed by atoms with Crippen LogP contribution in [0.5, 0.6) is 0 Å². The number of carbonyl (C=O) groups is 2. The van der Waals surface area contributed by atoms with E-state index in [0.717, 1.165) is 36.4 Å². The van der Waals surface area contributed by atoms with Gasteiger partial charge >= 0.3 is 12.4 Å². The van der Waals surface area contributed by atoms with E-state index in [9.17, 15) is 40.3 Å². The number of amides is 1. The summed E-state index contributed by atoms with van der Waals surface area (Å²) in [5, 5.41) is 1.11. The first-order valence-corrected chi connectivity index (χ1v) is 10.8. The molecule has 0 aromatic heterocycles. The summed E-state index contributed by atoms with van der Waals surface area (Å²) in [6.07, 6.45) is -8.81. The van der Waals surface area contributed by atoms with Crippen LogP contribution in [-0.2, 0) is 4.79 Å². The lowest BCUT2D eigenvalue weighted by molar-refractivity contribution is -0.139. The number of ketones is 1. The van der Waals surface area contributed by atoms with Crippen molar-refractivity contribution in [1.82, 2.24) is 5.32 Å². The van der Waals surface area contributed by atoms with Crippen LogP contribution in [0.2, 0.25) is 15.1 Å². The Kier molecular flexibility index (Phi) is 9.61. The number of hydrogen-bond acceptors (Lipinski definition) is 2. The second-order valence-corrected chi connectivity index (χ2v) is 8.42. The van der Waals surface area contributed by atoms with Crippen LogP contribution in [0, 0.1) is 5.82 Å². The number of carbonyl (C=O) groups excluding carboxylic acids is 2. The Morgan fingerprint density at radius 1 is 0.943 bits per heavy atom. The second kappa shape index (κ2) is 11.6. The van der Waals surface area contributed by atoms with Gasteiger partial charge in [-0.15, -0.1) is 0 Å². The Bertz CT molecular complexity index is 1110. The molecule has 1 N–H and O–H groups in total. The zero-order valence-electron chi connectivity index (χ0n) is 17.3. The van der Waals surface area contributed by atoms with Crippen LogP contribution in [0.25, 0.3) is 6.08 Å². The molecule has 1 atom stereocenters. The quantitative estimate of drug-likeness (QED) is 0.202. The van der Waals surface area contributed by atoms with Gasteiger partial charge in [0.1, 0.15) is 12.4 Å². The first-order chi connectivity index (χ1) is 16.1. The van der Waals surface area contributed by atoms with Gasteiger partial charge in [0.05, 0.1) is 26.5 Å². The van der Waals surface area contributed by atoms with Gasteiger partial charge in [-0.1, -0.05) is 53.0 Å². The van der Waals surface area contributed by atoms with Crippen LogP contribution in [0.1, 0.15) is 40.2 Å². The molecule has 13 heteroatoms. The van der Waals surface area contributed by atoms with Crippen LogP contribution in [0.4, 0.5) is 30.7 Å². The highest BCUT2D eigenvalue weighted by atomic mass is 35.5. The summed E-state index contributed by atoms with van der Waals surface area (Å²) in [4.78, 5) is 23.5. The third-order valence-corrected chi connectivity index (χ3v) is 5.75. The molecule has 1 unspecified atom stereocenters. The minimum atomic E-state index is -4.75. The highest BCUT2D eigenvalue weighted by molar-refractivity contribution is 6.48. The van der Waals surface area contributed by atoms with Crippen LogP contribution in [0.15, 0.2) is 36.4 Å². The lowest BCUT2D eigenvalue weighted by Gasteiger charge is -2.18. The lowest BCUT2D eigenvalue weighted by Crippen LogP contribution is -2.33. The summed E-state index contributed by atoms with van der Waals surface area (Å²) in [6, 6.07) is 5.00. The number of hydrogen-bond donors (Lipinski definition) is 1. The van der Waals surface area contributed by atoms with Gasteiger partial charge < -0.3 is 5.32 Å². The molecule has 0 saturated heterocycles. The highest BCUT2D eigenvalue weighted by Crippen LogP contribution is 2.41. The average molecular weight is 565 g/mol. The maximum Gasteiger partial charge on any atom is 0.405 e. The highest BCUT2D eigenvalue weighted by Gasteiger charge is 2.39. The molecule has 0 radical (unpaired) electrons. The summed E-state index contributed by atoms with van der Waals surface area (Å²) in [5.41, 5.74) is -0.777. The summed E-state index contributed by atoms with van der Waals surface area (Å²) >= 11 is 17.4. The summed E-state index contributed by atoms with van der Waals surface area (Å²) in [7, 11) is 0. The van der Waals surface area contributed by atoms with Gasteiger partial charge in [0.25, 0.3) is 0 Å². The van der Waals surface area contributed by atoms with Crippen molar-refractivity contribution >= 4 is 52.6 Å². The van der Waals surface area contributed by atoms with Crippen molar-refractivity contribution < 1.29 is 40.3 Å². The number of rotatable bonds is 8. The van der Waals surface area contributed by atoms with Crippen molar-refractivity contribution in [3.63, 3.8) is 0 Å².